The Morgan fingerprint density at radius 1 is 1.14 bits per heavy atom. The number of carbonyl (C=O) groups excluding carboxylic acids is 1. The predicted molar refractivity (Wildman–Crippen MR) is 90.7 cm³/mol. The van der Waals surface area contributed by atoms with Crippen LogP contribution in [-0.2, 0) is 11.2 Å². The highest BCUT2D eigenvalue weighted by Gasteiger charge is 2.25. The molecule has 3 rings (SSSR count). The summed E-state index contributed by atoms with van der Waals surface area (Å²) in [5, 5.41) is 2.42. The second-order valence-corrected chi connectivity index (χ2v) is 6.17. The molecule has 3 nitrogen and oxygen atoms in total. The first-order chi connectivity index (χ1) is 10.8. The predicted octanol–water partition coefficient (Wildman–Crippen LogP) is 3.11. The first-order valence-corrected chi connectivity index (χ1v) is 8.25. The highest BCUT2D eigenvalue weighted by molar-refractivity contribution is 5.85. The SMILES string of the molecule is NCCC1CCCCN1C(=O)Cc1ccc2ccccc2c1. The fourth-order valence-electron chi connectivity index (χ4n) is 3.45. The summed E-state index contributed by atoms with van der Waals surface area (Å²) < 4.78 is 0. The van der Waals surface area contributed by atoms with E-state index in [2.05, 4.69) is 35.2 Å². The normalized spacial score (nSPS) is 18.6. The summed E-state index contributed by atoms with van der Waals surface area (Å²) in [4.78, 5) is 14.7. The molecule has 0 spiro atoms. The molecule has 1 heterocycles. The van der Waals surface area contributed by atoms with E-state index in [1.54, 1.807) is 0 Å². The summed E-state index contributed by atoms with van der Waals surface area (Å²) in [6.07, 6.45) is 4.84. The molecule has 2 aromatic rings. The van der Waals surface area contributed by atoms with Crippen molar-refractivity contribution in [3.05, 3.63) is 48.0 Å². The fourth-order valence-corrected chi connectivity index (χ4v) is 3.45. The molecule has 22 heavy (non-hydrogen) atoms. The van der Waals surface area contributed by atoms with Crippen molar-refractivity contribution >= 4 is 16.7 Å². The van der Waals surface area contributed by atoms with E-state index < -0.39 is 0 Å². The van der Waals surface area contributed by atoms with Crippen LogP contribution in [0.4, 0.5) is 0 Å². The van der Waals surface area contributed by atoms with Gasteiger partial charge >= 0.3 is 0 Å². The third-order valence-corrected chi connectivity index (χ3v) is 4.62. The lowest BCUT2D eigenvalue weighted by Crippen LogP contribution is -2.45. The zero-order chi connectivity index (χ0) is 15.4. The van der Waals surface area contributed by atoms with Gasteiger partial charge in [0.2, 0.25) is 5.91 Å². The van der Waals surface area contributed by atoms with Crippen LogP contribution in [0.2, 0.25) is 0 Å². The second kappa shape index (κ2) is 6.93. The van der Waals surface area contributed by atoms with Crippen LogP contribution in [0.5, 0.6) is 0 Å². The number of nitrogens with two attached hydrogens (primary N) is 1. The van der Waals surface area contributed by atoms with Crippen LogP contribution in [0, 0.1) is 0 Å². The fraction of sp³-hybridized carbons (Fsp3) is 0.421. The number of hydrogen-bond acceptors (Lipinski definition) is 2. The minimum absolute atomic E-state index is 0.244. The largest absolute Gasteiger partial charge is 0.339 e. The summed E-state index contributed by atoms with van der Waals surface area (Å²) in [5.41, 5.74) is 6.80. The highest BCUT2D eigenvalue weighted by Crippen LogP contribution is 2.21. The van der Waals surface area contributed by atoms with Crippen molar-refractivity contribution in [1.29, 1.82) is 0 Å². The average Bonchev–Trinajstić information content (AvgIpc) is 2.55. The van der Waals surface area contributed by atoms with Crippen LogP contribution >= 0.6 is 0 Å². The van der Waals surface area contributed by atoms with Crippen LogP contribution < -0.4 is 5.73 Å². The summed E-state index contributed by atoms with van der Waals surface area (Å²) in [6, 6.07) is 14.9. The van der Waals surface area contributed by atoms with Gasteiger partial charge < -0.3 is 10.6 Å². The van der Waals surface area contributed by atoms with Gasteiger partial charge in [0, 0.05) is 12.6 Å². The van der Waals surface area contributed by atoms with Gasteiger partial charge in [0.05, 0.1) is 6.42 Å². The van der Waals surface area contributed by atoms with Crippen molar-refractivity contribution < 1.29 is 4.79 Å². The number of carbonyl (C=O) groups is 1. The van der Waals surface area contributed by atoms with Crippen LogP contribution in [0.1, 0.15) is 31.2 Å². The van der Waals surface area contributed by atoms with E-state index in [9.17, 15) is 4.79 Å². The zero-order valence-electron chi connectivity index (χ0n) is 13.0. The van der Waals surface area contributed by atoms with E-state index in [0.29, 0.717) is 19.0 Å². The number of hydrogen-bond donors (Lipinski definition) is 1. The van der Waals surface area contributed by atoms with Gasteiger partial charge in [0.15, 0.2) is 0 Å². The Morgan fingerprint density at radius 2 is 1.95 bits per heavy atom. The van der Waals surface area contributed by atoms with Crippen LogP contribution in [-0.4, -0.2) is 29.9 Å². The van der Waals surface area contributed by atoms with Gasteiger partial charge in [-0.3, -0.25) is 4.79 Å². The van der Waals surface area contributed by atoms with Crippen LogP contribution in [0.3, 0.4) is 0 Å². The minimum Gasteiger partial charge on any atom is -0.339 e. The lowest BCUT2D eigenvalue weighted by atomic mass is 9.98. The van der Waals surface area contributed by atoms with E-state index in [1.807, 2.05) is 12.1 Å². The van der Waals surface area contributed by atoms with Crippen molar-refractivity contribution in [2.75, 3.05) is 13.1 Å². The number of likely N-dealkylation sites (tertiary alicyclic amines) is 1. The molecule has 1 aliphatic heterocycles. The molecule has 0 radical (unpaired) electrons. The minimum atomic E-state index is 0.244. The topological polar surface area (TPSA) is 46.3 Å². The van der Waals surface area contributed by atoms with Gasteiger partial charge in [0.25, 0.3) is 0 Å². The molecule has 116 valence electrons. The standard InChI is InChI=1S/C19H24N2O/c20-11-10-18-7-3-4-12-21(18)19(22)14-15-8-9-16-5-1-2-6-17(16)13-15/h1-2,5-6,8-9,13,18H,3-4,7,10-12,14,20H2. The smallest absolute Gasteiger partial charge is 0.227 e. The van der Waals surface area contributed by atoms with Crippen molar-refractivity contribution in [3.63, 3.8) is 0 Å². The summed E-state index contributed by atoms with van der Waals surface area (Å²) in [5.74, 6) is 0.244. The van der Waals surface area contributed by atoms with E-state index in [-0.39, 0.29) is 5.91 Å². The Balaban J connectivity index is 1.73. The number of fused-ring (bicyclic) bond motifs is 1. The Labute approximate surface area is 132 Å². The molecule has 1 fully saturated rings. The third kappa shape index (κ3) is 3.30. The Bertz CT molecular complexity index is 651. The monoisotopic (exact) mass is 296 g/mol. The Kier molecular flexibility index (Phi) is 4.74. The van der Waals surface area contributed by atoms with Gasteiger partial charge in [-0.1, -0.05) is 42.5 Å². The highest BCUT2D eigenvalue weighted by atomic mass is 16.2. The molecule has 1 atom stereocenters. The zero-order valence-corrected chi connectivity index (χ0v) is 13.0. The summed E-state index contributed by atoms with van der Waals surface area (Å²) >= 11 is 0. The quantitative estimate of drug-likeness (QED) is 0.942. The van der Waals surface area contributed by atoms with Crippen molar-refractivity contribution in [3.8, 4) is 0 Å². The second-order valence-electron chi connectivity index (χ2n) is 6.17. The van der Waals surface area contributed by atoms with Gasteiger partial charge in [-0.2, -0.15) is 0 Å². The average molecular weight is 296 g/mol. The van der Waals surface area contributed by atoms with Gasteiger partial charge in [0.1, 0.15) is 0 Å². The van der Waals surface area contributed by atoms with Gasteiger partial charge in [-0.15, -0.1) is 0 Å². The van der Waals surface area contributed by atoms with E-state index >= 15 is 0 Å². The Morgan fingerprint density at radius 3 is 2.77 bits per heavy atom. The molecule has 3 heteroatoms. The number of amides is 1. The maximum absolute atomic E-state index is 12.7. The van der Waals surface area contributed by atoms with Crippen molar-refractivity contribution in [2.24, 2.45) is 5.73 Å². The molecule has 2 N–H and O–H groups in total. The number of nitrogens with zero attached hydrogens (tertiary/aromatic N) is 1. The molecule has 1 amide bonds. The first kappa shape index (κ1) is 15.0. The molecule has 0 bridgehead atoms. The molecule has 1 saturated heterocycles. The lowest BCUT2D eigenvalue weighted by Gasteiger charge is -2.36. The van der Waals surface area contributed by atoms with Gasteiger partial charge in [-0.05, 0) is 48.6 Å². The number of benzene rings is 2. The van der Waals surface area contributed by atoms with Gasteiger partial charge in [-0.25, -0.2) is 0 Å². The molecule has 1 unspecified atom stereocenters. The molecule has 0 saturated carbocycles. The molecule has 2 aromatic carbocycles. The number of rotatable bonds is 4. The Hall–Kier alpha value is -1.87. The van der Waals surface area contributed by atoms with E-state index in [0.717, 1.165) is 31.4 Å². The first-order valence-electron chi connectivity index (χ1n) is 8.25. The summed E-state index contributed by atoms with van der Waals surface area (Å²) in [6.45, 7) is 1.54. The lowest BCUT2D eigenvalue weighted by molar-refractivity contribution is -0.134. The third-order valence-electron chi connectivity index (χ3n) is 4.62. The van der Waals surface area contributed by atoms with Crippen LogP contribution in [0.25, 0.3) is 10.8 Å². The molecule has 0 aliphatic carbocycles. The van der Waals surface area contributed by atoms with Crippen molar-refractivity contribution in [2.45, 2.75) is 38.1 Å². The maximum Gasteiger partial charge on any atom is 0.227 e. The maximum atomic E-state index is 12.7. The molecular formula is C19H24N2O. The molecule has 0 aromatic heterocycles. The van der Waals surface area contributed by atoms with Crippen molar-refractivity contribution in [1.82, 2.24) is 4.90 Å². The number of piperidine rings is 1. The summed E-state index contributed by atoms with van der Waals surface area (Å²) in [7, 11) is 0. The molecular weight excluding hydrogens is 272 g/mol. The van der Waals surface area contributed by atoms with E-state index in [4.69, 9.17) is 5.73 Å². The van der Waals surface area contributed by atoms with E-state index in [1.165, 1.54) is 17.2 Å². The molecule has 1 aliphatic rings. The van der Waals surface area contributed by atoms with Crippen LogP contribution in [0.15, 0.2) is 42.5 Å².